The van der Waals surface area contributed by atoms with Crippen LogP contribution >= 0.6 is 0 Å². The number of hydrogen-bond donors (Lipinski definition) is 1. The SMILES string of the molecule is CNC(C)CN1CCOCCC1=O. The molecule has 1 rings (SSSR count). The van der Waals surface area contributed by atoms with Crippen LogP contribution in [0.5, 0.6) is 0 Å². The van der Waals surface area contributed by atoms with Crippen LogP contribution in [0.15, 0.2) is 0 Å². The molecule has 1 atom stereocenters. The van der Waals surface area contributed by atoms with Crippen molar-refractivity contribution in [1.29, 1.82) is 0 Å². The molecule has 0 radical (unpaired) electrons. The van der Waals surface area contributed by atoms with E-state index in [-0.39, 0.29) is 5.91 Å². The van der Waals surface area contributed by atoms with Crippen LogP contribution in [0.1, 0.15) is 13.3 Å². The number of amides is 1. The zero-order chi connectivity index (χ0) is 9.68. The lowest BCUT2D eigenvalue weighted by Crippen LogP contribution is -2.41. The van der Waals surface area contributed by atoms with E-state index < -0.39 is 0 Å². The molecule has 1 fully saturated rings. The van der Waals surface area contributed by atoms with Crippen LogP contribution in [-0.2, 0) is 9.53 Å². The van der Waals surface area contributed by atoms with Gasteiger partial charge in [-0.25, -0.2) is 0 Å². The number of hydrogen-bond acceptors (Lipinski definition) is 3. The highest BCUT2D eigenvalue weighted by atomic mass is 16.5. The van der Waals surface area contributed by atoms with Gasteiger partial charge in [0.1, 0.15) is 0 Å². The lowest BCUT2D eigenvalue weighted by atomic mass is 10.3. The summed E-state index contributed by atoms with van der Waals surface area (Å²) in [4.78, 5) is 13.4. The normalized spacial score (nSPS) is 21.4. The minimum Gasteiger partial charge on any atom is -0.379 e. The summed E-state index contributed by atoms with van der Waals surface area (Å²) in [6.07, 6.45) is 0.524. The van der Waals surface area contributed by atoms with Gasteiger partial charge in [0.15, 0.2) is 0 Å². The lowest BCUT2D eigenvalue weighted by Gasteiger charge is -2.23. The van der Waals surface area contributed by atoms with E-state index in [1.165, 1.54) is 0 Å². The van der Waals surface area contributed by atoms with Gasteiger partial charge in [0, 0.05) is 19.1 Å². The summed E-state index contributed by atoms with van der Waals surface area (Å²) in [6, 6.07) is 0.349. The first kappa shape index (κ1) is 10.5. The van der Waals surface area contributed by atoms with E-state index >= 15 is 0 Å². The summed E-state index contributed by atoms with van der Waals surface area (Å²) in [5.41, 5.74) is 0. The fraction of sp³-hybridized carbons (Fsp3) is 0.889. The van der Waals surface area contributed by atoms with E-state index in [4.69, 9.17) is 4.74 Å². The number of carbonyl (C=O) groups is 1. The first-order valence-electron chi connectivity index (χ1n) is 4.77. The van der Waals surface area contributed by atoms with Gasteiger partial charge in [-0.15, -0.1) is 0 Å². The fourth-order valence-electron chi connectivity index (χ4n) is 1.33. The van der Waals surface area contributed by atoms with Crippen LogP contribution in [-0.4, -0.2) is 50.2 Å². The maximum atomic E-state index is 11.5. The molecule has 0 bridgehead atoms. The lowest BCUT2D eigenvalue weighted by molar-refractivity contribution is -0.130. The third kappa shape index (κ3) is 3.32. The molecular weight excluding hydrogens is 168 g/mol. The molecule has 0 aliphatic carbocycles. The summed E-state index contributed by atoms with van der Waals surface area (Å²) >= 11 is 0. The average Bonchev–Trinajstić information content (AvgIpc) is 2.32. The van der Waals surface area contributed by atoms with Gasteiger partial charge in [0.25, 0.3) is 0 Å². The van der Waals surface area contributed by atoms with Gasteiger partial charge in [-0.2, -0.15) is 0 Å². The Bertz CT molecular complexity index is 173. The molecule has 4 nitrogen and oxygen atoms in total. The van der Waals surface area contributed by atoms with Crippen molar-refractivity contribution in [3.05, 3.63) is 0 Å². The second kappa shape index (κ2) is 5.19. The van der Waals surface area contributed by atoms with Gasteiger partial charge in [0.2, 0.25) is 5.91 Å². The predicted octanol–water partition coefficient (Wildman–Crippen LogP) is -0.157. The highest BCUT2D eigenvalue weighted by molar-refractivity contribution is 5.76. The Balaban J connectivity index is 2.40. The molecular formula is C9H18N2O2. The Kier molecular flexibility index (Phi) is 4.18. The summed E-state index contributed by atoms with van der Waals surface area (Å²) in [6.45, 7) is 4.81. The van der Waals surface area contributed by atoms with Crippen molar-refractivity contribution in [3.8, 4) is 0 Å². The van der Waals surface area contributed by atoms with E-state index in [9.17, 15) is 4.79 Å². The maximum Gasteiger partial charge on any atom is 0.225 e. The van der Waals surface area contributed by atoms with Crippen LogP contribution in [0, 0.1) is 0 Å². The Morgan fingerprint density at radius 3 is 3.08 bits per heavy atom. The number of likely N-dealkylation sites (N-methyl/N-ethyl adjacent to an activating group) is 1. The predicted molar refractivity (Wildman–Crippen MR) is 50.5 cm³/mol. The largest absolute Gasteiger partial charge is 0.379 e. The number of rotatable bonds is 3. The molecule has 4 heteroatoms. The molecule has 0 aromatic carbocycles. The van der Waals surface area contributed by atoms with Gasteiger partial charge in [-0.1, -0.05) is 0 Å². The van der Waals surface area contributed by atoms with E-state index in [1.807, 2.05) is 11.9 Å². The minimum atomic E-state index is 0.208. The highest BCUT2D eigenvalue weighted by Gasteiger charge is 2.17. The molecule has 0 saturated carbocycles. The number of ether oxygens (including phenoxy) is 1. The third-order valence-electron chi connectivity index (χ3n) is 2.31. The van der Waals surface area contributed by atoms with Gasteiger partial charge >= 0.3 is 0 Å². The smallest absolute Gasteiger partial charge is 0.225 e. The van der Waals surface area contributed by atoms with E-state index in [0.717, 1.165) is 13.1 Å². The van der Waals surface area contributed by atoms with Crippen LogP contribution < -0.4 is 5.32 Å². The third-order valence-corrected chi connectivity index (χ3v) is 2.31. The van der Waals surface area contributed by atoms with E-state index in [0.29, 0.717) is 25.7 Å². The van der Waals surface area contributed by atoms with Gasteiger partial charge in [0.05, 0.1) is 19.6 Å². The molecule has 1 saturated heterocycles. The summed E-state index contributed by atoms with van der Waals surface area (Å²) in [7, 11) is 1.91. The summed E-state index contributed by atoms with van der Waals surface area (Å²) in [5.74, 6) is 0.208. The summed E-state index contributed by atoms with van der Waals surface area (Å²) < 4.78 is 5.23. The fourth-order valence-corrected chi connectivity index (χ4v) is 1.33. The molecule has 1 unspecified atom stereocenters. The Labute approximate surface area is 79.2 Å². The van der Waals surface area contributed by atoms with E-state index in [2.05, 4.69) is 12.2 Å². The number of carbonyl (C=O) groups excluding carboxylic acids is 1. The van der Waals surface area contributed by atoms with Crippen molar-refractivity contribution >= 4 is 5.91 Å². The summed E-state index contributed by atoms with van der Waals surface area (Å²) in [5, 5.41) is 3.12. The molecule has 0 aromatic rings. The topological polar surface area (TPSA) is 41.6 Å². The zero-order valence-electron chi connectivity index (χ0n) is 8.38. The average molecular weight is 186 g/mol. The quantitative estimate of drug-likeness (QED) is 0.666. The van der Waals surface area contributed by atoms with Crippen molar-refractivity contribution in [3.63, 3.8) is 0 Å². The second-order valence-corrected chi connectivity index (χ2v) is 3.39. The van der Waals surface area contributed by atoms with Crippen molar-refractivity contribution in [2.45, 2.75) is 19.4 Å². The molecule has 1 aliphatic rings. The molecule has 1 heterocycles. The molecule has 1 amide bonds. The van der Waals surface area contributed by atoms with Crippen molar-refractivity contribution < 1.29 is 9.53 Å². The van der Waals surface area contributed by atoms with Crippen molar-refractivity contribution in [2.75, 3.05) is 33.4 Å². The molecule has 1 N–H and O–H groups in total. The van der Waals surface area contributed by atoms with Crippen LogP contribution in [0.25, 0.3) is 0 Å². The molecule has 0 aromatic heterocycles. The first-order valence-corrected chi connectivity index (χ1v) is 4.77. The van der Waals surface area contributed by atoms with Crippen molar-refractivity contribution in [2.24, 2.45) is 0 Å². The Hall–Kier alpha value is -0.610. The second-order valence-electron chi connectivity index (χ2n) is 3.39. The van der Waals surface area contributed by atoms with Crippen LogP contribution in [0.3, 0.4) is 0 Å². The zero-order valence-corrected chi connectivity index (χ0v) is 8.38. The first-order chi connectivity index (χ1) is 6.24. The van der Waals surface area contributed by atoms with Gasteiger partial charge in [-0.3, -0.25) is 4.79 Å². The molecule has 0 spiro atoms. The highest BCUT2D eigenvalue weighted by Crippen LogP contribution is 2.01. The van der Waals surface area contributed by atoms with Gasteiger partial charge < -0.3 is 15.0 Å². The molecule has 1 aliphatic heterocycles. The molecule has 76 valence electrons. The van der Waals surface area contributed by atoms with Crippen LogP contribution in [0.2, 0.25) is 0 Å². The minimum absolute atomic E-state index is 0.208. The van der Waals surface area contributed by atoms with Crippen molar-refractivity contribution in [1.82, 2.24) is 10.2 Å². The molecule has 13 heavy (non-hydrogen) atoms. The standard InChI is InChI=1S/C9H18N2O2/c1-8(10-2)7-11-4-6-13-5-3-9(11)12/h8,10H,3-7H2,1-2H3. The Morgan fingerprint density at radius 1 is 1.62 bits per heavy atom. The Morgan fingerprint density at radius 2 is 2.38 bits per heavy atom. The maximum absolute atomic E-state index is 11.5. The number of nitrogens with one attached hydrogen (secondary N) is 1. The monoisotopic (exact) mass is 186 g/mol. The number of nitrogens with zero attached hydrogens (tertiary/aromatic N) is 1. The van der Waals surface area contributed by atoms with Gasteiger partial charge in [-0.05, 0) is 14.0 Å². The van der Waals surface area contributed by atoms with Crippen LogP contribution in [0.4, 0.5) is 0 Å². The van der Waals surface area contributed by atoms with E-state index in [1.54, 1.807) is 0 Å².